The van der Waals surface area contributed by atoms with Gasteiger partial charge in [-0.15, -0.1) is 0 Å². The second-order valence-electron chi connectivity index (χ2n) is 4.43. The summed E-state index contributed by atoms with van der Waals surface area (Å²) in [5, 5.41) is 11.4. The van der Waals surface area contributed by atoms with Gasteiger partial charge in [-0.05, 0) is 48.4 Å². The number of nitriles is 1. The lowest BCUT2D eigenvalue weighted by Gasteiger charge is -2.06. The van der Waals surface area contributed by atoms with Crippen LogP contribution in [-0.2, 0) is 6.42 Å². The number of benzene rings is 2. The summed E-state index contributed by atoms with van der Waals surface area (Å²) in [5.74, 6) is -1.37. The quantitative estimate of drug-likeness (QED) is 0.939. The molecule has 3 nitrogen and oxygen atoms in total. The molecule has 2 rings (SSSR count). The van der Waals surface area contributed by atoms with Crippen LogP contribution in [-0.4, -0.2) is 12.5 Å². The maximum Gasteiger partial charge on any atom is 0.251 e. The maximum atomic E-state index is 13.4. The van der Waals surface area contributed by atoms with Crippen LogP contribution in [0.2, 0.25) is 0 Å². The molecule has 0 atom stereocenters. The number of rotatable bonds is 4. The number of nitrogens with one attached hydrogen (secondary N) is 1. The van der Waals surface area contributed by atoms with Crippen molar-refractivity contribution in [3.8, 4) is 6.07 Å². The molecule has 0 bridgehead atoms. The molecule has 2 aromatic carbocycles. The molecule has 106 valence electrons. The molecule has 0 aliphatic carbocycles. The van der Waals surface area contributed by atoms with Gasteiger partial charge in [0.25, 0.3) is 5.91 Å². The van der Waals surface area contributed by atoms with E-state index in [1.165, 1.54) is 6.07 Å². The minimum absolute atomic E-state index is 0.177. The van der Waals surface area contributed by atoms with Crippen LogP contribution in [0.25, 0.3) is 0 Å². The van der Waals surface area contributed by atoms with Crippen molar-refractivity contribution in [2.45, 2.75) is 6.42 Å². The fourth-order valence-electron chi connectivity index (χ4n) is 1.88. The van der Waals surface area contributed by atoms with Gasteiger partial charge in [0.2, 0.25) is 0 Å². The van der Waals surface area contributed by atoms with E-state index in [4.69, 9.17) is 5.26 Å². The molecule has 0 aliphatic heterocycles. The molecule has 1 N–H and O–H groups in total. The lowest BCUT2D eigenvalue weighted by Crippen LogP contribution is -2.26. The first kappa shape index (κ1) is 14.7. The number of halogens is 2. The maximum absolute atomic E-state index is 13.4. The van der Waals surface area contributed by atoms with Crippen molar-refractivity contribution in [2.75, 3.05) is 6.54 Å². The molecule has 0 unspecified atom stereocenters. The fourth-order valence-corrected chi connectivity index (χ4v) is 1.88. The number of amides is 1. The largest absolute Gasteiger partial charge is 0.352 e. The van der Waals surface area contributed by atoms with Crippen LogP contribution in [0.15, 0.2) is 42.5 Å². The van der Waals surface area contributed by atoms with Crippen LogP contribution >= 0.6 is 0 Å². The topological polar surface area (TPSA) is 52.9 Å². The van der Waals surface area contributed by atoms with E-state index in [1.807, 2.05) is 6.07 Å². The molecule has 5 heteroatoms. The van der Waals surface area contributed by atoms with Gasteiger partial charge in [0.05, 0.1) is 11.6 Å². The molecule has 0 heterocycles. The molecular formula is C16H12F2N2O. The summed E-state index contributed by atoms with van der Waals surface area (Å²) in [5.41, 5.74) is 0.952. The SMILES string of the molecule is N#Cc1cccc(C(=O)NCCc2cc(F)ccc2F)c1. The van der Waals surface area contributed by atoms with Crippen molar-refractivity contribution in [1.82, 2.24) is 5.32 Å². The smallest absolute Gasteiger partial charge is 0.251 e. The van der Waals surface area contributed by atoms with Crippen LogP contribution in [0.1, 0.15) is 21.5 Å². The van der Waals surface area contributed by atoms with Gasteiger partial charge in [0.1, 0.15) is 11.6 Å². The molecule has 0 fully saturated rings. The summed E-state index contributed by atoms with van der Waals surface area (Å²) in [6, 6.07) is 11.4. The van der Waals surface area contributed by atoms with Crippen molar-refractivity contribution in [2.24, 2.45) is 0 Å². The highest BCUT2D eigenvalue weighted by Crippen LogP contribution is 2.10. The third kappa shape index (κ3) is 3.86. The Morgan fingerprint density at radius 3 is 2.76 bits per heavy atom. The van der Waals surface area contributed by atoms with E-state index in [-0.39, 0.29) is 24.4 Å². The Bertz CT molecular complexity index is 708. The van der Waals surface area contributed by atoms with Crippen LogP contribution in [0.3, 0.4) is 0 Å². The zero-order chi connectivity index (χ0) is 15.2. The van der Waals surface area contributed by atoms with Crippen LogP contribution in [0, 0.1) is 23.0 Å². The van der Waals surface area contributed by atoms with Gasteiger partial charge in [0.15, 0.2) is 0 Å². The monoisotopic (exact) mass is 286 g/mol. The molecule has 0 radical (unpaired) electrons. The van der Waals surface area contributed by atoms with Crippen LogP contribution in [0.4, 0.5) is 8.78 Å². The van der Waals surface area contributed by atoms with Gasteiger partial charge < -0.3 is 5.32 Å². The van der Waals surface area contributed by atoms with Gasteiger partial charge >= 0.3 is 0 Å². The number of hydrogen-bond donors (Lipinski definition) is 1. The summed E-state index contributed by atoms with van der Waals surface area (Å²) >= 11 is 0. The van der Waals surface area contributed by atoms with Crippen LogP contribution in [0.5, 0.6) is 0 Å². The molecule has 0 saturated carbocycles. The third-order valence-electron chi connectivity index (χ3n) is 2.94. The summed E-state index contributed by atoms with van der Waals surface area (Å²) in [6.45, 7) is 0.177. The summed E-state index contributed by atoms with van der Waals surface area (Å²) in [6.07, 6.45) is 0.188. The minimum Gasteiger partial charge on any atom is -0.352 e. The van der Waals surface area contributed by atoms with Gasteiger partial charge in [0, 0.05) is 12.1 Å². The average molecular weight is 286 g/mol. The van der Waals surface area contributed by atoms with Gasteiger partial charge in [-0.25, -0.2) is 8.78 Å². The molecule has 0 aromatic heterocycles. The minimum atomic E-state index is -0.514. The number of nitrogens with zero attached hydrogens (tertiary/aromatic N) is 1. The lowest BCUT2D eigenvalue weighted by atomic mass is 10.1. The fraction of sp³-hybridized carbons (Fsp3) is 0.125. The molecule has 0 aliphatic rings. The average Bonchev–Trinajstić information content (AvgIpc) is 2.50. The summed E-state index contributed by atoms with van der Waals surface area (Å²) in [7, 11) is 0. The zero-order valence-electron chi connectivity index (χ0n) is 11.1. The normalized spacial score (nSPS) is 9.95. The number of carbonyl (C=O) groups excluding carboxylic acids is 1. The lowest BCUT2D eigenvalue weighted by molar-refractivity contribution is 0.0954. The first-order chi connectivity index (χ1) is 10.1. The Labute approximate surface area is 120 Å². The molecule has 0 saturated heterocycles. The predicted octanol–water partition coefficient (Wildman–Crippen LogP) is 2.81. The van der Waals surface area contributed by atoms with Crippen molar-refractivity contribution in [1.29, 1.82) is 5.26 Å². The van der Waals surface area contributed by atoms with Crippen molar-refractivity contribution in [3.63, 3.8) is 0 Å². The van der Waals surface area contributed by atoms with Gasteiger partial charge in [-0.3, -0.25) is 4.79 Å². The third-order valence-corrected chi connectivity index (χ3v) is 2.94. The molecule has 2 aromatic rings. The Balaban J connectivity index is 1.95. The standard InChI is InChI=1S/C16H12F2N2O/c17-14-4-5-15(18)12(9-14)6-7-20-16(21)13-3-1-2-11(8-13)10-19/h1-5,8-9H,6-7H2,(H,20,21). The number of carbonyl (C=O) groups is 1. The highest BCUT2D eigenvalue weighted by Gasteiger charge is 2.07. The second kappa shape index (κ2) is 6.62. The van der Waals surface area contributed by atoms with Gasteiger partial charge in [-0.1, -0.05) is 6.07 Å². The predicted molar refractivity (Wildman–Crippen MR) is 73.6 cm³/mol. The Kier molecular flexibility index (Phi) is 4.62. The highest BCUT2D eigenvalue weighted by molar-refractivity contribution is 5.94. The van der Waals surface area contributed by atoms with Crippen molar-refractivity contribution < 1.29 is 13.6 Å². The van der Waals surface area contributed by atoms with Crippen molar-refractivity contribution in [3.05, 3.63) is 70.8 Å². The van der Waals surface area contributed by atoms with E-state index in [9.17, 15) is 13.6 Å². The van der Waals surface area contributed by atoms with E-state index >= 15 is 0 Å². The number of hydrogen-bond acceptors (Lipinski definition) is 2. The molecular weight excluding hydrogens is 274 g/mol. The molecule has 21 heavy (non-hydrogen) atoms. The summed E-state index contributed by atoms with van der Waals surface area (Å²) < 4.78 is 26.4. The first-order valence-electron chi connectivity index (χ1n) is 6.32. The van der Waals surface area contributed by atoms with E-state index in [2.05, 4.69) is 5.32 Å². The Morgan fingerprint density at radius 1 is 1.19 bits per heavy atom. The molecule has 0 spiro atoms. The Morgan fingerprint density at radius 2 is 2.00 bits per heavy atom. The van der Waals surface area contributed by atoms with Gasteiger partial charge in [-0.2, -0.15) is 5.26 Å². The highest BCUT2D eigenvalue weighted by atomic mass is 19.1. The van der Waals surface area contributed by atoms with E-state index in [1.54, 1.807) is 18.2 Å². The van der Waals surface area contributed by atoms with E-state index in [0.29, 0.717) is 11.1 Å². The zero-order valence-corrected chi connectivity index (χ0v) is 11.1. The molecule has 1 amide bonds. The van der Waals surface area contributed by atoms with Crippen LogP contribution < -0.4 is 5.32 Å². The first-order valence-corrected chi connectivity index (χ1v) is 6.32. The summed E-state index contributed by atoms with van der Waals surface area (Å²) in [4.78, 5) is 11.9. The van der Waals surface area contributed by atoms with Crippen molar-refractivity contribution >= 4 is 5.91 Å². The second-order valence-corrected chi connectivity index (χ2v) is 4.43. The Hall–Kier alpha value is -2.74. The van der Waals surface area contributed by atoms with E-state index < -0.39 is 11.6 Å². The van der Waals surface area contributed by atoms with E-state index in [0.717, 1.165) is 18.2 Å².